The molecule has 0 aliphatic rings. The van der Waals surface area contributed by atoms with Crippen molar-refractivity contribution in [3.63, 3.8) is 0 Å². The van der Waals surface area contributed by atoms with Crippen molar-refractivity contribution >= 4 is 11.5 Å². The van der Waals surface area contributed by atoms with Gasteiger partial charge in [-0.25, -0.2) is 14.5 Å². The van der Waals surface area contributed by atoms with Crippen LogP contribution in [0.1, 0.15) is 0 Å². The van der Waals surface area contributed by atoms with Crippen LogP contribution in [0.15, 0.2) is 36.7 Å². The minimum absolute atomic E-state index is 0.239. The molecule has 0 saturated heterocycles. The highest BCUT2D eigenvalue weighted by atomic mass is 16.5. The fourth-order valence-electron chi connectivity index (χ4n) is 1.88. The van der Waals surface area contributed by atoms with Crippen LogP contribution in [0.2, 0.25) is 0 Å². The molecule has 0 amide bonds. The first-order chi connectivity index (χ1) is 8.79. The first kappa shape index (κ1) is 10.5. The molecular weight excluding hydrogens is 230 g/mol. The third-order valence-electron chi connectivity index (χ3n) is 2.67. The highest BCUT2D eigenvalue weighted by Crippen LogP contribution is 2.25. The van der Waals surface area contributed by atoms with E-state index in [1.807, 2.05) is 18.2 Å². The Hall–Kier alpha value is -2.63. The van der Waals surface area contributed by atoms with Gasteiger partial charge in [-0.1, -0.05) is 0 Å². The summed E-state index contributed by atoms with van der Waals surface area (Å²) >= 11 is 0. The molecule has 6 heteroatoms. The summed E-state index contributed by atoms with van der Waals surface area (Å²) in [5.41, 5.74) is 8.04. The molecule has 0 atom stereocenters. The van der Waals surface area contributed by atoms with Crippen LogP contribution in [0.3, 0.4) is 0 Å². The van der Waals surface area contributed by atoms with Crippen LogP contribution in [0.4, 0.5) is 5.95 Å². The molecule has 0 aliphatic carbocycles. The molecule has 0 radical (unpaired) electrons. The van der Waals surface area contributed by atoms with Gasteiger partial charge < -0.3 is 10.5 Å². The number of fused-ring (bicyclic) bond motifs is 1. The van der Waals surface area contributed by atoms with E-state index < -0.39 is 0 Å². The lowest BCUT2D eigenvalue weighted by atomic mass is 10.2. The van der Waals surface area contributed by atoms with E-state index in [9.17, 15) is 0 Å². The van der Waals surface area contributed by atoms with Crippen molar-refractivity contribution in [2.45, 2.75) is 0 Å². The van der Waals surface area contributed by atoms with E-state index in [0.717, 1.165) is 22.7 Å². The summed E-state index contributed by atoms with van der Waals surface area (Å²) in [4.78, 5) is 8.07. The largest absolute Gasteiger partial charge is 0.494 e. The summed E-state index contributed by atoms with van der Waals surface area (Å²) in [7, 11) is 1.63. The van der Waals surface area contributed by atoms with Crippen molar-refractivity contribution in [1.82, 2.24) is 19.6 Å². The number of ether oxygens (including phenoxy) is 1. The van der Waals surface area contributed by atoms with Crippen LogP contribution in [0.5, 0.6) is 5.75 Å². The SMILES string of the molecule is COc1ccc(-c2ccnc(N)n2)n2nccc12. The molecule has 0 bridgehead atoms. The zero-order valence-electron chi connectivity index (χ0n) is 9.74. The number of methoxy groups -OCH3 is 1. The monoisotopic (exact) mass is 241 g/mol. The molecule has 3 aromatic heterocycles. The molecule has 2 N–H and O–H groups in total. The van der Waals surface area contributed by atoms with E-state index in [1.165, 1.54) is 0 Å². The van der Waals surface area contributed by atoms with E-state index in [-0.39, 0.29) is 5.95 Å². The second-order valence-electron chi connectivity index (χ2n) is 3.72. The van der Waals surface area contributed by atoms with Crippen LogP contribution in [-0.2, 0) is 0 Å². The Morgan fingerprint density at radius 1 is 1.17 bits per heavy atom. The molecule has 3 heterocycles. The Morgan fingerprint density at radius 2 is 2.06 bits per heavy atom. The van der Waals surface area contributed by atoms with Crippen LogP contribution >= 0.6 is 0 Å². The molecule has 0 unspecified atom stereocenters. The van der Waals surface area contributed by atoms with Crippen molar-refractivity contribution in [2.24, 2.45) is 0 Å². The standard InChI is InChI=1S/C12H11N5O/c1-18-11-3-2-9(17-10(11)5-7-15-17)8-4-6-14-12(13)16-8/h2-7H,1H3,(H2,13,14,16). The van der Waals surface area contributed by atoms with E-state index in [4.69, 9.17) is 10.5 Å². The van der Waals surface area contributed by atoms with Gasteiger partial charge in [0, 0.05) is 6.20 Å². The van der Waals surface area contributed by atoms with Gasteiger partial charge in [0.1, 0.15) is 11.3 Å². The average molecular weight is 241 g/mol. The van der Waals surface area contributed by atoms with Gasteiger partial charge in [0.25, 0.3) is 0 Å². The van der Waals surface area contributed by atoms with Gasteiger partial charge in [-0.2, -0.15) is 5.10 Å². The number of nitrogens with two attached hydrogens (primary N) is 1. The average Bonchev–Trinajstić information content (AvgIpc) is 2.86. The molecular formula is C12H11N5O. The zero-order chi connectivity index (χ0) is 12.5. The maximum absolute atomic E-state index is 5.59. The Morgan fingerprint density at radius 3 is 2.83 bits per heavy atom. The van der Waals surface area contributed by atoms with E-state index in [2.05, 4.69) is 15.1 Å². The van der Waals surface area contributed by atoms with Crippen molar-refractivity contribution in [2.75, 3.05) is 12.8 Å². The molecule has 0 saturated carbocycles. The molecule has 0 aromatic carbocycles. The van der Waals surface area contributed by atoms with Gasteiger partial charge in [0.15, 0.2) is 0 Å². The van der Waals surface area contributed by atoms with Gasteiger partial charge >= 0.3 is 0 Å². The van der Waals surface area contributed by atoms with Crippen molar-refractivity contribution in [3.8, 4) is 17.1 Å². The van der Waals surface area contributed by atoms with E-state index >= 15 is 0 Å². The smallest absolute Gasteiger partial charge is 0.220 e. The summed E-state index contributed by atoms with van der Waals surface area (Å²) in [5, 5.41) is 4.27. The molecule has 3 aromatic rings. The van der Waals surface area contributed by atoms with E-state index in [0.29, 0.717) is 0 Å². The number of aromatic nitrogens is 4. The summed E-state index contributed by atoms with van der Waals surface area (Å²) in [5.74, 6) is 1.00. The summed E-state index contributed by atoms with van der Waals surface area (Å²) < 4.78 is 7.05. The number of pyridine rings is 1. The fourth-order valence-corrected chi connectivity index (χ4v) is 1.88. The lowest BCUT2D eigenvalue weighted by Gasteiger charge is -2.07. The van der Waals surface area contributed by atoms with Crippen molar-refractivity contribution in [3.05, 3.63) is 36.7 Å². The normalized spacial score (nSPS) is 10.7. The van der Waals surface area contributed by atoms with Crippen molar-refractivity contribution < 1.29 is 4.74 Å². The first-order valence-electron chi connectivity index (χ1n) is 5.39. The number of nitrogen functional groups attached to an aromatic ring is 1. The highest BCUT2D eigenvalue weighted by Gasteiger charge is 2.09. The van der Waals surface area contributed by atoms with Gasteiger partial charge in [0.05, 0.1) is 24.7 Å². The third kappa shape index (κ3) is 1.55. The number of hydrogen-bond donors (Lipinski definition) is 1. The van der Waals surface area contributed by atoms with Crippen LogP contribution in [0, 0.1) is 0 Å². The maximum Gasteiger partial charge on any atom is 0.220 e. The molecule has 0 aliphatic heterocycles. The summed E-state index contributed by atoms with van der Waals surface area (Å²) in [6, 6.07) is 7.44. The van der Waals surface area contributed by atoms with Crippen molar-refractivity contribution in [1.29, 1.82) is 0 Å². The Kier molecular flexibility index (Phi) is 2.33. The summed E-state index contributed by atoms with van der Waals surface area (Å²) in [6.07, 6.45) is 3.34. The summed E-state index contributed by atoms with van der Waals surface area (Å²) in [6.45, 7) is 0. The number of anilines is 1. The van der Waals surface area contributed by atoms with Gasteiger partial charge in [-0.05, 0) is 24.3 Å². The topological polar surface area (TPSA) is 78.3 Å². The molecule has 0 spiro atoms. The Balaban J connectivity index is 2.27. The second-order valence-corrected chi connectivity index (χ2v) is 3.72. The number of hydrogen-bond acceptors (Lipinski definition) is 5. The van der Waals surface area contributed by atoms with E-state index in [1.54, 1.807) is 30.1 Å². The molecule has 3 rings (SSSR count). The third-order valence-corrected chi connectivity index (χ3v) is 2.67. The Labute approximate surface area is 103 Å². The van der Waals surface area contributed by atoms with Gasteiger partial charge in [-0.15, -0.1) is 0 Å². The zero-order valence-corrected chi connectivity index (χ0v) is 9.74. The van der Waals surface area contributed by atoms with Gasteiger partial charge in [-0.3, -0.25) is 0 Å². The lowest BCUT2D eigenvalue weighted by Crippen LogP contribution is -2.00. The quantitative estimate of drug-likeness (QED) is 0.733. The predicted octanol–water partition coefficient (Wildman–Crippen LogP) is 1.38. The fraction of sp³-hybridized carbons (Fsp3) is 0.0833. The predicted molar refractivity (Wildman–Crippen MR) is 67.2 cm³/mol. The minimum Gasteiger partial charge on any atom is -0.494 e. The maximum atomic E-state index is 5.59. The van der Waals surface area contributed by atoms with Crippen LogP contribution in [0.25, 0.3) is 16.9 Å². The first-order valence-corrected chi connectivity index (χ1v) is 5.39. The second kappa shape index (κ2) is 3.99. The highest BCUT2D eigenvalue weighted by molar-refractivity contribution is 5.67. The van der Waals surface area contributed by atoms with Crippen LogP contribution in [-0.4, -0.2) is 26.7 Å². The molecule has 0 fully saturated rings. The van der Waals surface area contributed by atoms with Gasteiger partial charge in [0.2, 0.25) is 5.95 Å². The molecule has 18 heavy (non-hydrogen) atoms. The molecule has 6 nitrogen and oxygen atoms in total. The number of nitrogens with zero attached hydrogens (tertiary/aromatic N) is 4. The minimum atomic E-state index is 0.239. The number of rotatable bonds is 2. The Bertz CT molecular complexity index is 707. The molecule has 90 valence electrons. The van der Waals surface area contributed by atoms with Crippen LogP contribution < -0.4 is 10.5 Å². The lowest BCUT2D eigenvalue weighted by molar-refractivity contribution is 0.417.